The third-order valence-corrected chi connectivity index (χ3v) is 5.21. The summed E-state index contributed by atoms with van der Waals surface area (Å²) in [4.78, 5) is 31.1. The van der Waals surface area contributed by atoms with Crippen LogP contribution in [0.1, 0.15) is 52.0 Å². The first-order chi connectivity index (χ1) is 12.4. The summed E-state index contributed by atoms with van der Waals surface area (Å²) in [6.45, 7) is 10.9. The van der Waals surface area contributed by atoms with Crippen molar-refractivity contribution in [1.29, 1.82) is 0 Å². The molecule has 1 aliphatic heterocycles. The first kappa shape index (κ1) is 20.1. The zero-order valence-corrected chi connectivity index (χ0v) is 16.2. The van der Waals surface area contributed by atoms with Crippen LogP contribution in [0.3, 0.4) is 0 Å². The number of esters is 1. The van der Waals surface area contributed by atoms with Crippen molar-refractivity contribution in [2.45, 2.75) is 58.9 Å². The van der Waals surface area contributed by atoms with E-state index in [0.717, 1.165) is 31.2 Å². The van der Waals surface area contributed by atoms with E-state index in [2.05, 4.69) is 11.6 Å². The van der Waals surface area contributed by atoms with Crippen molar-refractivity contribution >= 4 is 11.8 Å². The number of carbonyl (C=O) groups excluding carboxylic acids is 2. The molecular weight excluding hydrogens is 328 g/mol. The monoisotopic (exact) mass is 358 g/mol. The van der Waals surface area contributed by atoms with E-state index in [1.807, 2.05) is 44.0 Å². The highest BCUT2D eigenvalue weighted by Gasteiger charge is 2.38. The maximum absolute atomic E-state index is 12.7. The second-order valence-corrected chi connectivity index (χ2v) is 7.50. The van der Waals surface area contributed by atoms with Gasteiger partial charge < -0.3 is 9.64 Å². The van der Waals surface area contributed by atoms with Gasteiger partial charge in [-0.05, 0) is 43.7 Å². The lowest BCUT2D eigenvalue weighted by molar-refractivity contribution is -0.148. The van der Waals surface area contributed by atoms with Crippen LogP contribution in [0.15, 0.2) is 36.8 Å². The lowest BCUT2D eigenvalue weighted by Gasteiger charge is -2.31. The lowest BCUT2D eigenvalue weighted by atomic mass is 9.83. The average Bonchev–Trinajstić information content (AvgIpc) is 3.14. The number of allylic oxidation sites excluding steroid dienone is 1. The fourth-order valence-corrected chi connectivity index (χ4v) is 3.11. The number of aryl methyl sites for hydroxylation is 1. The molecule has 5 heteroatoms. The van der Waals surface area contributed by atoms with Crippen molar-refractivity contribution in [3.05, 3.63) is 42.4 Å². The molecule has 5 nitrogen and oxygen atoms in total. The van der Waals surface area contributed by atoms with Crippen molar-refractivity contribution in [3.63, 3.8) is 0 Å². The minimum absolute atomic E-state index is 0.0104. The van der Waals surface area contributed by atoms with Crippen LogP contribution in [0, 0.1) is 5.41 Å². The first-order valence-electron chi connectivity index (χ1n) is 9.42. The molecule has 0 spiro atoms. The van der Waals surface area contributed by atoms with E-state index >= 15 is 0 Å². The molecule has 0 unspecified atom stereocenters. The Balaban J connectivity index is 1.85. The molecular formula is C21H30N2O3. The van der Waals surface area contributed by atoms with Crippen molar-refractivity contribution in [3.8, 4) is 0 Å². The summed E-state index contributed by atoms with van der Waals surface area (Å²) in [5, 5.41) is 0. The van der Waals surface area contributed by atoms with E-state index in [-0.39, 0.29) is 11.8 Å². The number of likely N-dealkylation sites (tertiary alicyclic amines) is 1. The van der Waals surface area contributed by atoms with Gasteiger partial charge in [-0.15, -0.1) is 0 Å². The molecule has 142 valence electrons. The molecule has 0 aromatic carbocycles. The summed E-state index contributed by atoms with van der Waals surface area (Å²) >= 11 is 0. The van der Waals surface area contributed by atoms with Gasteiger partial charge in [0.25, 0.3) is 0 Å². The molecule has 26 heavy (non-hydrogen) atoms. The summed E-state index contributed by atoms with van der Waals surface area (Å²) in [5.74, 6) is -0.242. The summed E-state index contributed by atoms with van der Waals surface area (Å²) in [6, 6.07) is 3.52. The van der Waals surface area contributed by atoms with Gasteiger partial charge in [-0.1, -0.05) is 33.4 Å². The topological polar surface area (TPSA) is 59.5 Å². The molecule has 1 aromatic rings. The summed E-state index contributed by atoms with van der Waals surface area (Å²) < 4.78 is 5.47. The number of carbonyl (C=O) groups is 2. The van der Waals surface area contributed by atoms with Crippen molar-refractivity contribution in [2.75, 3.05) is 13.2 Å². The largest absolute Gasteiger partial charge is 0.464 e. The molecule has 0 amide bonds. The molecule has 1 aromatic heterocycles. The predicted octanol–water partition coefficient (Wildman–Crippen LogP) is 3.54. The van der Waals surface area contributed by atoms with Gasteiger partial charge in [-0.25, -0.2) is 4.79 Å². The Kier molecular flexibility index (Phi) is 6.95. The number of Topliss-reactive ketones (excluding diaryl/α,β-unsaturated/α-hetero) is 1. The van der Waals surface area contributed by atoms with Crippen LogP contribution in [-0.4, -0.2) is 40.8 Å². The molecule has 1 saturated heterocycles. The van der Waals surface area contributed by atoms with Gasteiger partial charge in [0.2, 0.25) is 0 Å². The standard InChI is InChI=1S/C21H30N2O3/c1-5-21(3,4)19(24)16(2)23-13-7-11-18(23)20(25)26-14-8-10-17-9-6-12-22-15-17/h6,9,12,15,18H,2,5,7-8,10-11,13-14H2,1,3-4H3/t18-/m0/s1. The number of pyridine rings is 1. The number of hydrogen-bond acceptors (Lipinski definition) is 5. The summed E-state index contributed by atoms with van der Waals surface area (Å²) in [7, 11) is 0. The number of ether oxygens (including phenoxy) is 1. The second kappa shape index (κ2) is 8.97. The Morgan fingerprint density at radius 3 is 2.85 bits per heavy atom. The normalized spacial score (nSPS) is 17.2. The minimum atomic E-state index is -0.460. The van der Waals surface area contributed by atoms with Gasteiger partial charge in [0.15, 0.2) is 5.78 Å². The number of rotatable bonds is 9. The van der Waals surface area contributed by atoms with Gasteiger partial charge in [-0.2, -0.15) is 0 Å². The van der Waals surface area contributed by atoms with E-state index in [0.29, 0.717) is 25.3 Å². The van der Waals surface area contributed by atoms with Crippen molar-refractivity contribution < 1.29 is 14.3 Å². The molecule has 1 fully saturated rings. The highest BCUT2D eigenvalue weighted by atomic mass is 16.5. The molecule has 2 heterocycles. The van der Waals surface area contributed by atoms with Gasteiger partial charge in [0, 0.05) is 24.4 Å². The molecule has 0 radical (unpaired) electrons. The minimum Gasteiger partial charge on any atom is -0.464 e. The Hall–Kier alpha value is -2.17. The highest BCUT2D eigenvalue weighted by Crippen LogP contribution is 2.30. The number of aromatic nitrogens is 1. The Labute approximate surface area is 156 Å². The van der Waals surface area contributed by atoms with Crippen LogP contribution < -0.4 is 0 Å². The highest BCUT2D eigenvalue weighted by molar-refractivity contribution is 5.99. The molecule has 0 N–H and O–H groups in total. The lowest BCUT2D eigenvalue weighted by Crippen LogP contribution is -2.41. The summed E-state index contributed by atoms with van der Waals surface area (Å²) in [5.41, 5.74) is 1.11. The van der Waals surface area contributed by atoms with E-state index in [1.165, 1.54) is 0 Å². The van der Waals surface area contributed by atoms with Crippen LogP contribution >= 0.6 is 0 Å². The maximum atomic E-state index is 12.7. The Morgan fingerprint density at radius 1 is 1.42 bits per heavy atom. The molecule has 1 aliphatic rings. The van der Waals surface area contributed by atoms with E-state index in [1.54, 1.807) is 6.20 Å². The zero-order chi connectivity index (χ0) is 19.2. The molecule has 0 saturated carbocycles. The third-order valence-electron chi connectivity index (χ3n) is 5.21. The third kappa shape index (κ3) is 4.93. The predicted molar refractivity (Wildman–Crippen MR) is 101 cm³/mol. The van der Waals surface area contributed by atoms with Gasteiger partial charge in [0.1, 0.15) is 6.04 Å². The molecule has 1 atom stereocenters. The van der Waals surface area contributed by atoms with E-state index in [9.17, 15) is 9.59 Å². The molecule has 0 aliphatic carbocycles. The fourth-order valence-electron chi connectivity index (χ4n) is 3.11. The van der Waals surface area contributed by atoms with Gasteiger partial charge in [-0.3, -0.25) is 9.78 Å². The molecule has 2 rings (SSSR count). The van der Waals surface area contributed by atoms with Crippen molar-refractivity contribution in [1.82, 2.24) is 9.88 Å². The second-order valence-electron chi connectivity index (χ2n) is 7.50. The first-order valence-corrected chi connectivity index (χ1v) is 9.42. The number of nitrogens with zero attached hydrogens (tertiary/aromatic N) is 2. The van der Waals surface area contributed by atoms with E-state index < -0.39 is 11.5 Å². The summed E-state index contributed by atoms with van der Waals surface area (Å²) in [6.07, 6.45) is 7.47. The zero-order valence-electron chi connectivity index (χ0n) is 16.2. The van der Waals surface area contributed by atoms with Crippen LogP contribution in [0.2, 0.25) is 0 Å². The van der Waals surface area contributed by atoms with Crippen LogP contribution in [0.25, 0.3) is 0 Å². The smallest absolute Gasteiger partial charge is 0.328 e. The van der Waals surface area contributed by atoms with Crippen LogP contribution in [0.5, 0.6) is 0 Å². The quantitative estimate of drug-likeness (QED) is 0.384. The van der Waals surface area contributed by atoms with Crippen LogP contribution in [-0.2, 0) is 20.7 Å². The Bertz CT molecular complexity index is 640. The van der Waals surface area contributed by atoms with E-state index in [4.69, 9.17) is 4.74 Å². The maximum Gasteiger partial charge on any atom is 0.328 e. The van der Waals surface area contributed by atoms with Crippen LogP contribution in [0.4, 0.5) is 0 Å². The van der Waals surface area contributed by atoms with Gasteiger partial charge >= 0.3 is 5.97 Å². The van der Waals surface area contributed by atoms with Crippen molar-refractivity contribution in [2.24, 2.45) is 5.41 Å². The number of ketones is 1. The average molecular weight is 358 g/mol. The number of hydrogen-bond donors (Lipinski definition) is 0. The molecule has 0 bridgehead atoms. The SMILES string of the molecule is C=C(C(=O)C(C)(C)CC)N1CCC[C@H]1C(=O)OCCCc1cccnc1. The Morgan fingerprint density at radius 2 is 2.19 bits per heavy atom. The van der Waals surface area contributed by atoms with Gasteiger partial charge in [0.05, 0.1) is 12.3 Å². The fraction of sp³-hybridized carbons (Fsp3) is 0.571.